The molecular weight excluding hydrogens is 256 g/mol. The van der Waals surface area contributed by atoms with Crippen LogP contribution in [0.2, 0.25) is 0 Å². The van der Waals surface area contributed by atoms with Gasteiger partial charge in [0.25, 0.3) is 0 Å². The summed E-state index contributed by atoms with van der Waals surface area (Å²) in [6.45, 7) is 2.37. The number of hydrogen-bond acceptors (Lipinski definition) is 5. The lowest BCUT2D eigenvalue weighted by atomic mass is 9.83. The van der Waals surface area contributed by atoms with E-state index in [1.54, 1.807) is 19.2 Å². The molecule has 2 atom stereocenters. The van der Waals surface area contributed by atoms with Crippen LogP contribution in [0.25, 0.3) is 0 Å². The Morgan fingerprint density at radius 2 is 2.20 bits per heavy atom. The molecule has 20 heavy (non-hydrogen) atoms. The zero-order valence-corrected chi connectivity index (χ0v) is 12.1. The standard InChI is InChI=1S/C14H22N4O2/c1-10-7-8-16-14(13(10)18(19)20)17(2)12-6-4-3-5-11(12)9-15/h7-8,11-12H,3-6,9,15H2,1-2H3. The molecule has 1 aliphatic carbocycles. The third-order valence-electron chi connectivity index (χ3n) is 4.29. The van der Waals surface area contributed by atoms with E-state index in [1.807, 2.05) is 11.9 Å². The van der Waals surface area contributed by atoms with E-state index in [4.69, 9.17) is 5.73 Å². The predicted octanol–water partition coefficient (Wildman–Crippen LogP) is 2.25. The molecule has 6 heteroatoms. The van der Waals surface area contributed by atoms with Gasteiger partial charge in [0.15, 0.2) is 0 Å². The van der Waals surface area contributed by atoms with Crippen molar-refractivity contribution >= 4 is 11.5 Å². The summed E-state index contributed by atoms with van der Waals surface area (Å²) >= 11 is 0. The summed E-state index contributed by atoms with van der Waals surface area (Å²) in [4.78, 5) is 17.2. The Bertz CT molecular complexity index is 492. The largest absolute Gasteiger partial charge is 0.351 e. The van der Waals surface area contributed by atoms with E-state index in [0.717, 1.165) is 19.3 Å². The molecule has 2 N–H and O–H groups in total. The number of anilines is 1. The number of aryl methyl sites for hydroxylation is 1. The molecule has 0 amide bonds. The number of pyridine rings is 1. The second-order valence-corrected chi connectivity index (χ2v) is 5.52. The van der Waals surface area contributed by atoms with Gasteiger partial charge in [0, 0.05) is 24.8 Å². The summed E-state index contributed by atoms with van der Waals surface area (Å²) < 4.78 is 0. The molecule has 0 aliphatic heterocycles. The average Bonchev–Trinajstić information content (AvgIpc) is 2.45. The van der Waals surface area contributed by atoms with Crippen molar-refractivity contribution in [3.8, 4) is 0 Å². The van der Waals surface area contributed by atoms with Gasteiger partial charge >= 0.3 is 5.69 Å². The fourth-order valence-corrected chi connectivity index (χ4v) is 3.15. The fourth-order valence-electron chi connectivity index (χ4n) is 3.15. The molecule has 2 unspecified atom stereocenters. The smallest absolute Gasteiger partial charge is 0.314 e. The first-order valence-corrected chi connectivity index (χ1v) is 7.09. The van der Waals surface area contributed by atoms with Crippen LogP contribution in [0.1, 0.15) is 31.2 Å². The molecule has 1 fully saturated rings. The predicted molar refractivity (Wildman–Crippen MR) is 78.8 cm³/mol. The summed E-state index contributed by atoms with van der Waals surface area (Å²) in [7, 11) is 1.90. The molecule has 1 heterocycles. The maximum absolute atomic E-state index is 11.3. The fraction of sp³-hybridized carbons (Fsp3) is 0.643. The minimum Gasteiger partial charge on any atom is -0.351 e. The Labute approximate surface area is 119 Å². The Morgan fingerprint density at radius 1 is 1.50 bits per heavy atom. The molecule has 1 aliphatic rings. The molecule has 110 valence electrons. The molecular formula is C14H22N4O2. The maximum atomic E-state index is 11.3. The van der Waals surface area contributed by atoms with Crippen molar-refractivity contribution in [3.63, 3.8) is 0 Å². The van der Waals surface area contributed by atoms with Crippen molar-refractivity contribution in [2.24, 2.45) is 11.7 Å². The monoisotopic (exact) mass is 278 g/mol. The number of aromatic nitrogens is 1. The lowest BCUT2D eigenvalue weighted by Gasteiger charge is -2.37. The molecule has 1 aromatic heterocycles. The van der Waals surface area contributed by atoms with Gasteiger partial charge in [-0.2, -0.15) is 0 Å². The molecule has 0 radical (unpaired) electrons. The highest BCUT2D eigenvalue weighted by atomic mass is 16.6. The highest BCUT2D eigenvalue weighted by molar-refractivity contribution is 5.61. The summed E-state index contributed by atoms with van der Waals surface area (Å²) in [5.41, 5.74) is 6.61. The topological polar surface area (TPSA) is 85.3 Å². The molecule has 0 bridgehead atoms. The summed E-state index contributed by atoms with van der Waals surface area (Å²) in [6.07, 6.45) is 6.07. The minimum atomic E-state index is -0.339. The Balaban J connectivity index is 2.35. The van der Waals surface area contributed by atoms with Gasteiger partial charge in [-0.05, 0) is 38.3 Å². The van der Waals surface area contributed by atoms with Gasteiger partial charge in [0.1, 0.15) is 0 Å². The van der Waals surface area contributed by atoms with E-state index < -0.39 is 0 Å². The van der Waals surface area contributed by atoms with Crippen molar-refractivity contribution in [1.29, 1.82) is 0 Å². The van der Waals surface area contributed by atoms with E-state index in [9.17, 15) is 10.1 Å². The molecule has 0 spiro atoms. The van der Waals surface area contributed by atoms with E-state index >= 15 is 0 Å². The highest BCUT2D eigenvalue weighted by Gasteiger charge is 2.32. The Kier molecular flexibility index (Phi) is 4.54. The maximum Gasteiger partial charge on any atom is 0.314 e. The molecule has 0 saturated heterocycles. The van der Waals surface area contributed by atoms with Crippen molar-refractivity contribution in [1.82, 2.24) is 4.98 Å². The van der Waals surface area contributed by atoms with Crippen LogP contribution in [-0.2, 0) is 0 Å². The van der Waals surface area contributed by atoms with Crippen LogP contribution in [0.4, 0.5) is 11.5 Å². The average molecular weight is 278 g/mol. The lowest BCUT2D eigenvalue weighted by molar-refractivity contribution is -0.384. The van der Waals surface area contributed by atoms with Gasteiger partial charge < -0.3 is 10.6 Å². The minimum absolute atomic E-state index is 0.108. The normalized spacial score (nSPS) is 22.6. The zero-order valence-electron chi connectivity index (χ0n) is 12.1. The zero-order chi connectivity index (χ0) is 14.7. The first-order valence-electron chi connectivity index (χ1n) is 7.09. The van der Waals surface area contributed by atoms with E-state index in [0.29, 0.717) is 23.8 Å². The quantitative estimate of drug-likeness (QED) is 0.674. The molecule has 2 rings (SSSR count). The van der Waals surface area contributed by atoms with Crippen molar-refractivity contribution in [3.05, 3.63) is 27.9 Å². The first-order chi connectivity index (χ1) is 9.56. The van der Waals surface area contributed by atoms with Crippen LogP contribution in [-0.4, -0.2) is 29.5 Å². The third-order valence-corrected chi connectivity index (χ3v) is 4.29. The van der Waals surface area contributed by atoms with Gasteiger partial charge in [-0.15, -0.1) is 0 Å². The SMILES string of the molecule is Cc1ccnc(N(C)C2CCCCC2CN)c1[N+](=O)[O-]. The number of nitrogens with zero attached hydrogens (tertiary/aromatic N) is 3. The number of rotatable bonds is 4. The third kappa shape index (κ3) is 2.75. The van der Waals surface area contributed by atoms with Crippen LogP contribution < -0.4 is 10.6 Å². The number of hydrogen-bond donors (Lipinski definition) is 1. The van der Waals surface area contributed by atoms with Gasteiger partial charge in [0.2, 0.25) is 5.82 Å². The molecule has 6 nitrogen and oxygen atoms in total. The van der Waals surface area contributed by atoms with Gasteiger partial charge in [0.05, 0.1) is 4.92 Å². The van der Waals surface area contributed by atoms with Crippen LogP contribution in [0.3, 0.4) is 0 Å². The van der Waals surface area contributed by atoms with Gasteiger partial charge in [-0.1, -0.05) is 12.8 Å². The highest BCUT2D eigenvalue weighted by Crippen LogP contribution is 2.34. The van der Waals surface area contributed by atoms with Crippen molar-refractivity contribution < 1.29 is 4.92 Å². The van der Waals surface area contributed by atoms with E-state index in [-0.39, 0.29) is 16.7 Å². The van der Waals surface area contributed by atoms with Gasteiger partial charge in [-0.25, -0.2) is 4.98 Å². The molecule has 1 aromatic rings. The first kappa shape index (κ1) is 14.7. The van der Waals surface area contributed by atoms with Gasteiger partial charge in [-0.3, -0.25) is 10.1 Å². The Hall–Kier alpha value is -1.69. The summed E-state index contributed by atoms with van der Waals surface area (Å²) in [5, 5.41) is 11.3. The van der Waals surface area contributed by atoms with Crippen LogP contribution in [0.15, 0.2) is 12.3 Å². The lowest BCUT2D eigenvalue weighted by Crippen LogP contribution is -2.43. The molecule has 1 saturated carbocycles. The van der Waals surface area contributed by atoms with Crippen LogP contribution >= 0.6 is 0 Å². The Morgan fingerprint density at radius 3 is 2.85 bits per heavy atom. The second kappa shape index (κ2) is 6.17. The second-order valence-electron chi connectivity index (χ2n) is 5.52. The number of nitro groups is 1. The van der Waals surface area contributed by atoms with Crippen LogP contribution in [0.5, 0.6) is 0 Å². The van der Waals surface area contributed by atoms with E-state index in [2.05, 4.69) is 4.98 Å². The summed E-state index contributed by atoms with van der Waals surface area (Å²) in [6, 6.07) is 1.92. The molecule has 0 aromatic carbocycles. The van der Waals surface area contributed by atoms with E-state index in [1.165, 1.54) is 6.42 Å². The van der Waals surface area contributed by atoms with Crippen molar-refractivity contribution in [2.45, 2.75) is 38.6 Å². The van der Waals surface area contributed by atoms with Crippen molar-refractivity contribution in [2.75, 3.05) is 18.5 Å². The number of nitrogens with two attached hydrogens (primary N) is 1. The summed E-state index contributed by atoms with van der Waals surface area (Å²) in [5.74, 6) is 0.844. The van der Waals surface area contributed by atoms with Crippen LogP contribution in [0, 0.1) is 23.0 Å².